The fourth-order valence-electron chi connectivity index (χ4n) is 3.55. The highest BCUT2D eigenvalue weighted by Gasteiger charge is 2.39. The predicted octanol–water partition coefficient (Wildman–Crippen LogP) is 1.22. The first kappa shape index (κ1) is 14.3. The van der Waals surface area contributed by atoms with Crippen molar-refractivity contribution in [1.29, 1.82) is 0 Å². The molecule has 1 amide bonds. The van der Waals surface area contributed by atoms with Crippen LogP contribution in [0.25, 0.3) is 0 Å². The van der Waals surface area contributed by atoms with Gasteiger partial charge in [0.15, 0.2) is 0 Å². The zero-order valence-corrected chi connectivity index (χ0v) is 11.4. The maximum absolute atomic E-state index is 12.3. The highest BCUT2D eigenvalue weighted by molar-refractivity contribution is 5.78. The average molecular weight is 268 g/mol. The van der Waals surface area contributed by atoms with E-state index in [2.05, 4.69) is 0 Å². The maximum Gasteiger partial charge on any atom is 0.303 e. The number of carbonyl (C=O) groups is 2. The summed E-state index contributed by atoms with van der Waals surface area (Å²) in [7, 11) is 0. The summed E-state index contributed by atoms with van der Waals surface area (Å²) in [6.07, 6.45) is 5.36. The van der Waals surface area contributed by atoms with Crippen molar-refractivity contribution in [2.75, 3.05) is 19.6 Å². The van der Waals surface area contributed by atoms with Gasteiger partial charge in [-0.05, 0) is 37.1 Å². The van der Waals surface area contributed by atoms with Gasteiger partial charge in [0, 0.05) is 19.5 Å². The second kappa shape index (κ2) is 5.90. The summed E-state index contributed by atoms with van der Waals surface area (Å²) in [5, 5.41) is 9.06. The van der Waals surface area contributed by atoms with Crippen molar-refractivity contribution in [3.05, 3.63) is 0 Å². The molecule has 3 N–H and O–H groups in total. The van der Waals surface area contributed by atoms with E-state index in [1.807, 2.05) is 4.90 Å². The number of carboxylic acids is 1. The Labute approximate surface area is 114 Å². The lowest BCUT2D eigenvalue weighted by Crippen LogP contribution is -2.35. The number of likely N-dealkylation sites (tertiary alicyclic amines) is 1. The Bertz CT molecular complexity index is 351. The van der Waals surface area contributed by atoms with Crippen LogP contribution in [0.4, 0.5) is 0 Å². The first-order valence-corrected chi connectivity index (χ1v) is 7.24. The summed E-state index contributed by atoms with van der Waals surface area (Å²) in [5.74, 6) is -0.238. The molecule has 2 aliphatic rings. The van der Waals surface area contributed by atoms with Crippen LogP contribution in [0.1, 0.15) is 44.9 Å². The largest absolute Gasteiger partial charge is 0.481 e. The molecule has 0 bridgehead atoms. The van der Waals surface area contributed by atoms with Crippen LogP contribution in [0.5, 0.6) is 0 Å². The van der Waals surface area contributed by atoms with Gasteiger partial charge in [0.2, 0.25) is 5.91 Å². The van der Waals surface area contributed by atoms with Gasteiger partial charge in [-0.2, -0.15) is 0 Å². The van der Waals surface area contributed by atoms with Crippen LogP contribution in [0, 0.1) is 11.3 Å². The topological polar surface area (TPSA) is 83.6 Å². The molecule has 19 heavy (non-hydrogen) atoms. The van der Waals surface area contributed by atoms with Crippen LogP contribution in [0.15, 0.2) is 0 Å². The van der Waals surface area contributed by atoms with Crippen LogP contribution in [-0.4, -0.2) is 41.5 Å². The summed E-state index contributed by atoms with van der Waals surface area (Å²) in [6.45, 7) is 2.16. The zero-order valence-electron chi connectivity index (χ0n) is 11.4. The number of nitrogens with two attached hydrogens (primary N) is 1. The third-order valence-electron chi connectivity index (χ3n) is 4.69. The van der Waals surface area contributed by atoms with E-state index >= 15 is 0 Å². The standard InChI is InChI=1S/C14H24N2O3/c15-9-11-3-6-16(10-11)12(17)7-14(8-13(18)19)4-1-2-5-14/h11H,1-10,15H2,(H,18,19). The van der Waals surface area contributed by atoms with Crippen molar-refractivity contribution in [2.24, 2.45) is 17.1 Å². The lowest BCUT2D eigenvalue weighted by atomic mass is 9.79. The van der Waals surface area contributed by atoms with Gasteiger partial charge in [0.1, 0.15) is 0 Å². The van der Waals surface area contributed by atoms with Crippen molar-refractivity contribution in [1.82, 2.24) is 4.90 Å². The van der Waals surface area contributed by atoms with Crippen LogP contribution in [0.3, 0.4) is 0 Å². The van der Waals surface area contributed by atoms with Gasteiger partial charge in [0.25, 0.3) is 0 Å². The normalized spacial score (nSPS) is 25.7. The number of hydrogen-bond acceptors (Lipinski definition) is 3. The first-order chi connectivity index (χ1) is 9.04. The minimum atomic E-state index is -0.782. The van der Waals surface area contributed by atoms with Crippen molar-refractivity contribution in [2.45, 2.75) is 44.9 Å². The predicted molar refractivity (Wildman–Crippen MR) is 71.5 cm³/mol. The number of amides is 1. The second-order valence-electron chi connectivity index (χ2n) is 6.18. The zero-order chi connectivity index (χ0) is 13.9. The molecule has 1 atom stereocenters. The molecule has 0 aromatic heterocycles. The third-order valence-corrected chi connectivity index (χ3v) is 4.69. The summed E-state index contributed by atoms with van der Waals surface area (Å²) >= 11 is 0. The molecular formula is C14H24N2O3. The van der Waals surface area contributed by atoms with Gasteiger partial charge in [-0.15, -0.1) is 0 Å². The second-order valence-corrected chi connectivity index (χ2v) is 6.18. The number of carboxylic acid groups (broad SMARTS) is 1. The smallest absolute Gasteiger partial charge is 0.303 e. The summed E-state index contributed by atoms with van der Waals surface area (Å²) in [5.41, 5.74) is 5.35. The Morgan fingerprint density at radius 1 is 1.26 bits per heavy atom. The van der Waals surface area contributed by atoms with E-state index in [0.29, 0.717) is 18.9 Å². The molecule has 108 valence electrons. The Hall–Kier alpha value is -1.10. The van der Waals surface area contributed by atoms with E-state index in [1.165, 1.54) is 0 Å². The van der Waals surface area contributed by atoms with Crippen LogP contribution >= 0.6 is 0 Å². The molecule has 1 unspecified atom stereocenters. The van der Waals surface area contributed by atoms with Crippen LogP contribution < -0.4 is 5.73 Å². The number of aliphatic carboxylic acids is 1. The fourth-order valence-corrected chi connectivity index (χ4v) is 3.55. The molecule has 1 aliphatic heterocycles. The van der Waals surface area contributed by atoms with E-state index in [9.17, 15) is 9.59 Å². The van der Waals surface area contributed by atoms with Crippen molar-refractivity contribution < 1.29 is 14.7 Å². The van der Waals surface area contributed by atoms with E-state index < -0.39 is 5.97 Å². The highest BCUT2D eigenvalue weighted by atomic mass is 16.4. The van der Waals surface area contributed by atoms with Crippen LogP contribution in [0.2, 0.25) is 0 Å². The van der Waals surface area contributed by atoms with Gasteiger partial charge in [-0.1, -0.05) is 12.8 Å². The Morgan fingerprint density at radius 3 is 2.47 bits per heavy atom. The van der Waals surface area contributed by atoms with Gasteiger partial charge in [-0.3, -0.25) is 9.59 Å². The molecule has 1 saturated heterocycles. The lowest BCUT2D eigenvalue weighted by molar-refractivity contribution is -0.141. The summed E-state index contributed by atoms with van der Waals surface area (Å²) in [6, 6.07) is 0. The number of rotatable bonds is 5. The van der Waals surface area contributed by atoms with Gasteiger partial charge < -0.3 is 15.7 Å². The molecule has 1 aliphatic carbocycles. The fraction of sp³-hybridized carbons (Fsp3) is 0.857. The highest BCUT2D eigenvalue weighted by Crippen LogP contribution is 2.44. The number of nitrogens with zero attached hydrogens (tertiary/aromatic N) is 1. The molecule has 0 aromatic carbocycles. The van der Waals surface area contributed by atoms with Gasteiger partial charge in [0.05, 0.1) is 6.42 Å². The maximum atomic E-state index is 12.3. The molecule has 5 heteroatoms. The van der Waals surface area contributed by atoms with E-state index in [-0.39, 0.29) is 17.7 Å². The Balaban J connectivity index is 1.94. The van der Waals surface area contributed by atoms with Crippen molar-refractivity contribution in [3.8, 4) is 0 Å². The molecule has 0 radical (unpaired) electrons. The monoisotopic (exact) mass is 268 g/mol. The van der Waals surface area contributed by atoms with Crippen molar-refractivity contribution in [3.63, 3.8) is 0 Å². The Morgan fingerprint density at radius 2 is 1.95 bits per heavy atom. The molecule has 5 nitrogen and oxygen atoms in total. The summed E-state index contributed by atoms with van der Waals surface area (Å²) in [4.78, 5) is 25.2. The average Bonchev–Trinajstić information content (AvgIpc) is 2.97. The molecule has 0 spiro atoms. The summed E-state index contributed by atoms with van der Waals surface area (Å²) < 4.78 is 0. The van der Waals surface area contributed by atoms with Crippen molar-refractivity contribution >= 4 is 11.9 Å². The Kier molecular flexibility index (Phi) is 4.45. The minimum absolute atomic E-state index is 0.124. The minimum Gasteiger partial charge on any atom is -0.481 e. The SMILES string of the molecule is NCC1CCN(C(=O)CC2(CC(=O)O)CCCC2)C1. The molecule has 2 rings (SSSR count). The van der Waals surface area contributed by atoms with Gasteiger partial charge in [-0.25, -0.2) is 0 Å². The molecule has 1 saturated carbocycles. The molecule has 2 fully saturated rings. The van der Waals surface area contributed by atoms with E-state index in [4.69, 9.17) is 10.8 Å². The first-order valence-electron chi connectivity index (χ1n) is 7.24. The molecule has 0 aromatic rings. The molecule has 1 heterocycles. The quantitative estimate of drug-likeness (QED) is 0.785. The van der Waals surface area contributed by atoms with E-state index in [0.717, 1.165) is 45.2 Å². The number of carbonyl (C=O) groups excluding carboxylic acids is 1. The van der Waals surface area contributed by atoms with Gasteiger partial charge >= 0.3 is 5.97 Å². The number of hydrogen-bond donors (Lipinski definition) is 2. The third kappa shape index (κ3) is 3.47. The van der Waals surface area contributed by atoms with Crippen LogP contribution in [-0.2, 0) is 9.59 Å². The molecular weight excluding hydrogens is 244 g/mol. The van der Waals surface area contributed by atoms with E-state index in [1.54, 1.807) is 0 Å². The lowest BCUT2D eigenvalue weighted by Gasteiger charge is -2.29.